The molecule has 1 aromatic carbocycles. The molecular weight excluding hydrogens is 290 g/mol. The van der Waals surface area contributed by atoms with E-state index in [1.165, 1.54) is 24.0 Å². The summed E-state index contributed by atoms with van der Waals surface area (Å²) >= 11 is 0. The van der Waals surface area contributed by atoms with Gasteiger partial charge in [0, 0.05) is 13.2 Å². The summed E-state index contributed by atoms with van der Waals surface area (Å²) in [5.74, 6) is 2.15. The van der Waals surface area contributed by atoms with Crippen LogP contribution in [0.4, 0.5) is 0 Å². The minimum atomic E-state index is 0.334. The highest BCUT2D eigenvalue weighted by molar-refractivity contribution is 6.21. The molecule has 5 nitrogen and oxygen atoms in total. The van der Waals surface area contributed by atoms with Gasteiger partial charge in [-0.2, -0.15) is 0 Å². The first kappa shape index (κ1) is 14.8. The molecule has 0 bridgehead atoms. The van der Waals surface area contributed by atoms with Gasteiger partial charge in [-0.3, -0.25) is 9.98 Å². The van der Waals surface area contributed by atoms with E-state index in [4.69, 9.17) is 9.47 Å². The SMILES string of the molecule is c1ccc2c(c1)C(=[NH+]C[C@@H]1CCCO1)NC2=[NH+]C[C@@H]1CCCO1. The van der Waals surface area contributed by atoms with Crippen LogP contribution >= 0.6 is 0 Å². The van der Waals surface area contributed by atoms with E-state index in [0.29, 0.717) is 12.2 Å². The molecule has 0 spiro atoms. The van der Waals surface area contributed by atoms with E-state index in [1.807, 2.05) is 0 Å². The second-order valence-corrected chi connectivity index (χ2v) is 6.45. The van der Waals surface area contributed by atoms with Crippen molar-refractivity contribution in [2.45, 2.75) is 37.9 Å². The number of nitrogens with one attached hydrogen (secondary N) is 3. The molecule has 0 unspecified atom stereocenters. The molecule has 122 valence electrons. The highest BCUT2D eigenvalue weighted by Crippen LogP contribution is 2.13. The van der Waals surface area contributed by atoms with E-state index in [9.17, 15) is 0 Å². The second kappa shape index (κ2) is 6.81. The molecule has 5 heteroatoms. The van der Waals surface area contributed by atoms with E-state index in [1.54, 1.807) is 0 Å². The Morgan fingerprint density at radius 1 is 0.870 bits per heavy atom. The maximum absolute atomic E-state index is 5.70. The molecule has 0 aromatic heterocycles. The number of fused-ring (bicyclic) bond motifs is 1. The minimum absolute atomic E-state index is 0.334. The lowest BCUT2D eigenvalue weighted by atomic mass is 10.1. The van der Waals surface area contributed by atoms with Gasteiger partial charge >= 0.3 is 0 Å². The Labute approximate surface area is 136 Å². The minimum Gasteiger partial charge on any atom is -0.374 e. The Bertz CT molecular complexity index is 561. The monoisotopic (exact) mass is 315 g/mol. The van der Waals surface area contributed by atoms with Crippen LogP contribution in [-0.2, 0) is 9.47 Å². The lowest BCUT2D eigenvalue weighted by molar-refractivity contribution is -0.475. The van der Waals surface area contributed by atoms with Gasteiger partial charge in [0.15, 0.2) is 0 Å². The van der Waals surface area contributed by atoms with E-state index < -0.39 is 0 Å². The van der Waals surface area contributed by atoms with Gasteiger partial charge in [-0.05, 0) is 37.8 Å². The predicted octanol–water partition coefficient (Wildman–Crippen LogP) is -1.70. The van der Waals surface area contributed by atoms with Crippen molar-refractivity contribution in [3.8, 4) is 0 Å². The molecule has 3 heterocycles. The Kier molecular flexibility index (Phi) is 4.39. The normalized spacial score (nSPS) is 30.1. The molecular formula is C18H25N3O2+2. The van der Waals surface area contributed by atoms with Crippen LogP contribution in [-0.4, -0.2) is 50.2 Å². The Morgan fingerprint density at radius 2 is 1.39 bits per heavy atom. The standard InChI is InChI=1S/C18H23N3O2/c1-2-8-16-15(7-1)17(19-11-13-5-3-9-22-13)21-18(16)20-12-14-6-4-10-23-14/h1-2,7-8,13-14H,3-6,9-12H2,(H,19,20,21)/p+2/t13-,14-/m0/s1. The van der Waals surface area contributed by atoms with Crippen molar-refractivity contribution >= 4 is 11.7 Å². The molecule has 0 amide bonds. The molecule has 0 aliphatic carbocycles. The summed E-state index contributed by atoms with van der Waals surface area (Å²) in [6.07, 6.45) is 5.31. The van der Waals surface area contributed by atoms with Gasteiger partial charge in [-0.1, -0.05) is 12.1 Å². The zero-order valence-corrected chi connectivity index (χ0v) is 13.4. The van der Waals surface area contributed by atoms with Crippen molar-refractivity contribution in [3.63, 3.8) is 0 Å². The molecule has 0 saturated carbocycles. The first-order valence-electron chi connectivity index (χ1n) is 8.72. The summed E-state index contributed by atoms with van der Waals surface area (Å²) in [4.78, 5) is 7.05. The van der Waals surface area contributed by atoms with Crippen LogP contribution in [0.15, 0.2) is 24.3 Å². The molecule has 23 heavy (non-hydrogen) atoms. The third kappa shape index (κ3) is 3.31. The Morgan fingerprint density at radius 3 is 1.83 bits per heavy atom. The Hall–Kier alpha value is -1.72. The molecule has 3 aliphatic rings. The largest absolute Gasteiger partial charge is 0.374 e. The predicted molar refractivity (Wildman–Crippen MR) is 87.4 cm³/mol. The number of hydrogen-bond acceptors (Lipinski definition) is 2. The summed E-state index contributed by atoms with van der Waals surface area (Å²) < 4.78 is 11.4. The quantitative estimate of drug-likeness (QED) is 0.621. The molecule has 1 aromatic rings. The molecule has 4 rings (SSSR count). The van der Waals surface area contributed by atoms with E-state index in [-0.39, 0.29) is 0 Å². The van der Waals surface area contributed by atoms with E-state index in [0.717, 1.165) is 50.8 Å². The summed E-state index contributed by atoms with van der Waals surface area (Å²) in [6, 6.07) is 8.47. The average Bonchev–Trinajstić information content (AvgIpc) is 3.32. The first-order chi connectivity index (χ1) is 11.4. The van der Waals surface area contributed by atoms with Gasteiger partial charge in [-0.25, -0.2) is 5.32 Å². The average molecular weight is 315 g/mol. The van der Waals surface area contributed by atoms with E-state index in [2.05, 4.69) is 39.6 Å². The third-order valence-corrected chi connectivity index (χ3v) is 4.78. The fourth-order valence-electron chi connectivity index (χ4n) is 3.50. The fraction of sp³-hybridized carbons (Fsp3) is 0.556. The van der Waals surface area contributed by atoms with Gasteiger partial charge in [-0.15, -0.1) is 0 Å². The number of hydrogen-bond donors (Lipinski definition) is 3. The van der Waals surface area contributed by atoms with E-state index >= 15 is 0 Å². The van der Waals surface area contributed by atoms with Gasteiger partial charge < -0.3 is 9.47 Å². The van der Waals surface area contributed by atoms with Crippen molar-refractivity contribution in [2.75, 3.05) is 26.3 Å². The zero-order valence-electron chi connectivity index (χ0n) is 13.4. The summed E-state index contributed by atoms with van der Waals surface area (Å²) in [5.41, 5.74) is 2.45. The number of benzene rings is 1. The molecule has 2 saturated heterocycles. The highest BCUT2D eigenvalue weighted by Gasteiger charge is 2.32. The smallest absolute Gasteiger partial charge is 0.283 e. The third-order valence-electron chi connectivity index (χ3n) is 4.78. The van der Waals surface area contributed by atoms with Crippen molar-refractivity contribution in [1.82, 2.24) is 5.32 Å². The lowest BCUT2D eigenvalue weighted by Crippen LogP contribution is -2.82. The maximum Gasteiger partial charge on any atom is 0.283 e. The van der Waals surface area contributed by atoms with Crippen LogP contribution in [0, 0.1) is 0 Å². The number of rotatable bonds is 4. The molecule has 2 atom stereocenters. The number of amidine groups is 2. The van der Waals surface area contributed by atoms with Crippen molar-refractivity contribution in [3.05, 3.63) is 35.4 Å². The van der Waals surface area contributed by atoms with Crippen LogP contribution in [0.25, 0.3) is 0 Å². The van der Waals surface area contributed by atoms with Crippen molar-refractivity contribution in [2.24, 2.45) is 0 Å². The van der Waals surface area contributed by atoms with Crippen LogP contribution < -0.4 is 15.3 Å². The molecule has 3 aliphatic heterocycles. The first-order valence-corrected chi connectivity index (χ1v) is 8.72. The summed E-state index contributed by atoms with van der Waals surface area (Å²) in [5, 5.41) is 3.50. The van der Waals surface area contributed by atoms with Gasteiger partial charge in [0.05, 0.1) is 23.3 Å². The van der Waals surface area contributed by atoms with Gasteiger partial charge in [0.2, 0.25) is 0 Å². The zero-order chi connectivity index (χ0) is 15.5. The molecule has 0 radical (unpaired) electrons. The van der Waals surface area contributed by atoms with Crippen molar-refractivity contribution < 1.29 is 19.5 Å². The molecule has 2 fully saturated rings. The topological polar surface area (TPSA) is 58.4 Å². The maximum atomic E-state index is 5.70. The lowest BCUT2D eigenvalue weighted by Gasteiger charge is -2.03. The van der Waals surface area contributed by atoms with Crippen LogP contribution in [0.5, 0.6) is 0 Å². The summed E-state index contributed by atoms with van der Waals surface area (Å²) in [6.45, 7) is 3.50. The number of ether oxygens (including phenoxy) is 2. The van der Waals surface area contributed by atoms with Crippen LogP contribution in [0.3, 0.4) is 0 Å². The van der Waals surface area contributed by atoms with Crippen LogP contribution in [0.2, 0.25) is 0 Å². The highest BCUT2D eigenvalue weighted by atomic mass is 16.5. The van der Waals surface area contributed by atoms with Gasteiger partial charge in [0.1, 0.15) is 13.1 Å². The fourth-order valence-corrected chi connectivity index (χ4v) is 3.50. The van der Waals surface area contributed by atoms with Crippen molar-refractivity contribution in [1.29, 1.82) is 0 Å². The second-order valence-electron chi connectivity index (χ2n) is 6.45. The summed E-state index contributed by atoms with van der Waals surface area (Å²) in [7, 11) is 0. The Balaban J connectivity index is 1.51. The van der Waals surface area contributed by atoms with Gasteiger partial charge in [0.25, 0.3) is 11.7 Å². The molecule has 3 N–H and O–H groups in total. The van der Waals surface area contributed by atoms with Crippen LogP contribution in [0.1, 0.15) is 36.8 Å².